The number of aliphatic hydroxyl groups excluding tert-OH is 1. The lowest BCUT2D eigenvalue weighted by Gasteiger charge is -2.36. The van der Waals surface area contributed by atoms with Crippen LogP contribution in [0.3, 0.4) is 0 Å². The quantitative estimate of drug-likeness (QED) is 0.701. The van der Waals surface area contributed by atoms with Crippen LogP contribution in [0.25, 0.3) is 0 Å². The Morgan fingerprint density at radius 1 is 1.42 bits per heavy atom. The molecular formula is C14H27NO4. The van der Waals surface area contributed by atoms with Gasteiger partial charge < -0.3 is 14.9 Å². The Morgan fingerprint density at radius 2 is 2.16 bits per heavy atom. The number of likely N-dealkylation sites (tertiary alicyclic amines) is 1. The van der Waals surface area contributed by atoms with Crippen LogP contribution in [0, 0.1) is 0 Å². The Kier molecular flexibility index (Phi) is 7.34. The third-order valence-electron chi connectivity index (χ3n) is 3.51. The fraction of sp³-hybridized carbons (Fsp3) is 0.929. The van der Waals surface area contributed by atoms with E-state index in [1.807, 2.05) is 13.8 Å². The zero-order valence-corrected chi connectivity index (χ0v) is 12.0. The van der Waals surface area contributed by atoms with E-state index in [0.29, 0.717) is 25.6 Å². The van der Waals surface area contributed by atoms with Crippen LogP contribution in [0.5, 0.6) is 0 Å². The number of carbonyl (C=O) groups is 1. The Morgan fingerprint density at radius 3 is 2.79 bits per heavy atom. The van der Waals surface area contributed by atoms with Crippen LogP contribution in [0.15, 0.2) is 0 Å². The fourth-order valence-corrected chi connectivity index (χ4v) is 2.54. The maximum Gasteiger partial charge on any atom is 0.303 e. The normalized spacial score (nSPS) is 22.6. The number of carboxylic acids is 1. The zero-order valence-electron chi connectivity index (χ0n) is 12.0. The summed E-state index contributed by atoms with van der Waals surface area (Å²) in [6.07, 6.45) is 3.82. The summed E-state index contributed by atoms with van der Waals surface area (Å²) in [5.74, 6) is -0.741. The lowest BCUT2D eigenvalue weighted by molar-refractivity contribution is -0.137. The van der Waals surface area contributed by atoms with Gasteiger partial charge in [0, 0.05) is 19.0 Å². The van der Waals surface area contributed by atoms with Crippen molar-refractivity contribution in [1.29, 1.82) is 0 Å². The van der Waals surface area contributed by atoms with E-state index < -0.39 is 12.1 Å². The molecule has 5 heteroatoms. The molecule has 0 bridgehead atoms. The molecule has 0 aromatic rings. The lowest BCUT2D eigenvalue weighted by Crippen LogP contribution is -2.45. The fourth-order valence-electron chi connectivity index (χ4n) is 2.54. The summed E-state index contributed by atoms with van der Waals surface area (Å²) in [4.78, 5) is 12.9. The summed E-state index contributed by atoms with van der Waals surface area (Å²) in [5, 5.41) is 18.7. The molecule has 0 spiro atoms. The molecule has 0 aromatic carbocycles. The summed E-state index contributed by atoms with van der Waals surface area (Å²) in [6, 6.07) is 0.290. The molecule has 1 aliphatic rings. The molecule has 0 aromatic heterocycles. The van der Waals surface area contributed by atoms with Gasteiger partial charge in [0.25, 0.3) is 0 Å². The molecule has 19 heavy (non-hydrogen) atoms. The highest BCUT2D eigenvalue weighted by molar-refractivity contribution is 5.66. The molecule has 2 atom stereocenters. The molecule has 1 rings (SSSR count). The van der Waals surface area contributed by atoms with Gasteiger partial charge in [0.05, 0.1) is 18.8 Å². The molecule has 112 valence electrons. The summed E-state index contributed by atoms with van der Waals surface area (Å²) in [6.45, 7) is 5.77. The van der Waals surface area contributed by atoms with Crippen molar-refractivity contribution in [3.63, 3.8) is 0 Å². The second-order valence-electron chi connectivity index (χ2n) is 5.61. The number of ether oxygens (including phenoxy) is 1. The summed E-state index contributed by atoms with van der Waals surface area (Å²) in [7, 11) is 0. The van der Waals surface area contributed by atoms with Crippen molar-refractivity contribution in [2.45, 2.75) is 64.2 Å². The van der Waals surface area contributed by atoms with Gasteiger partial charge in [-0.05, 0) is 39.7 Å². The smallest absolute Gasteiger partial charge is 0.303 e. The van der Waals surface area contributed by atoms with Crippen LogP contribution in [-0.4, -0.2) is 59.0 Å². The molecular weight excluding hydrogens is 246 g/mol. The number of piperidine rings is 1. The molecule has 0 aliphatic carbocycles. The van der Waals surface area contributed by atoms with E-state index in [1.165, 1.54) is 0 Å². The van der Waals surface area contributed by atoms with Gasteiger partial charge in [-0.3, -0.25) is 9.69 Å². The Balaban J connectivity index is 2.36. The minimum absolute atomic E-state index is 0.124. The van der Waals surface area contributed by atoms with Gasteiger partial charge in [-0.15, -0.1) is 0 Å². The van der Waals surface area contributed by atoms with Gasteiger partial charge in [-0.1, -0.05) is 6.42 Å². The van der Waals surface area contributed by atoms with Gasteiger partial charge >= 0.3 is 5.97 Å². The van der Waals surface area contributed by atoms with Crippen molar-refractivity contribution < 1.29 is 19.7 Å². The summed E-state index contributed by atoms with van der Waals surface area (Å²) >= 11 is 0. The van der Waals surface area contributed by atoms with Gasteiger partial charge in [0.15, 0.2) is 0 Å². The van der Waals surface area contributed by atoms with E-state index >= 15 is 0 Å². The third-order valence-corrected chi connectivity index (χ3v) is 3.51. The maximum absolute atomic E-state index is 10.7. The first kappa shape index (κ1) is 16.4. The Bertz CT molecular complexity index is 270. The Labute approximate surface area is 115 Å². The molecule has 0 saturated carbocycles. The minimum Gasteiger partial charge on any atom is -0.481 e. The van der Waals surface area contributed by atoms with Gasteiger partial charge in [0.1, 0.15) is 0 Å². The van der Waals surface area contributed by atoms with Gasteiger partial charge in [-0.2, -0.15) is 0 Å². The second-order valence-corrected chi connectivity index (χ2v) is 5.61. The lowest BCUT2D eigenvalue weighted by atomic mass is 9.97. The van der Waals surface area contributed by atoms with Crippen molar-refractivity contribution >= 4 is 5.97 Å². The molecule has 2 unspecified atom stereocenters. The second kappa shape index (κ2) is 8.51. The third kappa shape index (κ3) is 6.89. The van der Waals surface area contributed by atoms with Crippen LogP contribution in [0.2, 0.25) is 0 Å². The van der Waals surface area contributed by atoms with E-state index in [4.69, 9.17) is 9.84 Å². The number of hydrogen-bond acceptors (Lipinski definition) is 4. The predicted molar refractivity (Wildman–Crippen MR) is 73.2 cm³/mol. The first-order valence-corrected chi connectivity index (χ1v) is 7.24. The molecule has 1 saturated heterocycles. The number of carboxylic acid groups (broad SMARTS) is 1. The summed E-state index contributed by atoms with van der Waals surface area (Å²) in [5.41, 5.74) is 0. The molecule has 1 heterocycles. The van der Waals surface area contributed by atoms with Crippen molar-refractivity contribution in [3.8, 4) is 0 Å². The van der Waals surface area contributed by atoms with E-state index in [1.54, 1.807) is 0 Å². The number of β-amino-alcohol motifs (C(OH)–C–C–N with tert-alkyl or cyclic N) is 1. The van der Waals surface area contributed by atoms with Crippen LogP contribution >= 0.6 is 0 Å². The number of hydrogen-bond donors (Lipinski definition) is 2. The molecule has 1 aliphatic heterocycles. The average Bonchev–Trinajstić information content (AvgIpc) is 2.35. The number of aliphatic hydroxyl groups is 1. The molecule has 0 amide bonds. The van der Waals surface area contributed by atoms with Gasteiger partial charge in [-0.25, -0.2) is 0 Å². The zero-order chi connectivity index (χ0) is 14.3. The average molecular weight is 273 g/mol. The SMILES string of the molecule is CC(C)OCC(O)CN1CCCCC1CCC(=O)O. The monoisotopic (exact) mass is 273 g/mol. The molecule has 1 fully saturated rings. The Hall–Kier alpha value is -0.650. The first-order valence-electron chi connectivity index (χ1n) is 7.24. The van der Waals surface area contributed by atoms with E-state index in [-0.39, 0.29) is 12.5 Å². The highest BCUT2D eigenvalue weighted by atomic mass is 16.5. The van der Waals surface area contributed by atoms with Crippen LogP contribution in [0.4, 0.5) is 0 Å². The summed E-state index contributed by atoms with van der Waals surface area (Å²) < 4.78 is 5.41. The van der Waals surface area contributed by atoms with Crippen LogP contribution in [0.1, 0.15) is 46.0 Å². The molecule has 2 N–H and O–H groups in total. The van der Waals surface area contributed by atoms with E-state index in [2.05, 4.69) is 4.90 Å². The topological polar surface area (TPSA) is 70.0 Å². The predicted octanol–water partition coefficient (Wildman–Crippen LogP) is 1.49. The maximum atomic E-state index is 10.7. The van der Waals surface area contributed by atoms with E-state index in [9.17, 15) is 9.90 Å². The van der Waals surface area contributed by atoms with Crippen molar-refractivity contribution in [1.82, 2.24) is 4.90 Å². The number of aliphatic carboxylic acids is 1. The highest BCUT2D eigenvalue weighted by Gasteiger charge is 2.24. The highest BCUT2D eigenvalue weighted by Crippen LogP contribution is 2.21. The van der Waals surface area contributed by atoms with Crippen molar-refractivity contribution in [2.24, 2.45) is 0 Å². The van der Waals surface area contributed by atoms with Crippen molar-refractivity contribution in [2.75, 3.05) is 19.7 Å². The number of nitrogens with zero attached hydrogens (tertiary/aromatic N) is 1. The van der Waals surface area contributed by atoms with Crippen LogP contribution < -0.4 is 0 Å². The van der Waals surface area contributed by atoms with Gasteiger partial charge in [0.2, 0.25) is 0 Å². The minimum atomic E-state index is -0.741. The van der Waals surface area contributed by atoms with Crippen molar-refractivity contribution in [3.05, 3.63) is 0 Å². The first-order chi connectivity index (χ1) is 8.99. The molecule has 0 radical (unpaired) electrons. The molecule has 5 nitrogen and oxygen atoms in total. The van der Waals surface area contributed by atoms with Crippen LogP contribution in [-0.2, 0) is 9.53 Å². The van der Waals surface area contributed by atoms with E-state index in [0.717, 1.165) is 25.8 Å². The standard InChI is InChI=1S/C14H27NO4/c1-11(2)19-10-13(16)9-15-8-4-3-5-12(15)6-7-14(17)18/h11-13,16H,3-10H2,1-2H3,(H,17,18). The number of rotatable bonds is 8. The largest absolute Gasteiger partial charge is 0.481 e.